The summed E-state index contributed by atoms with van der Waals surface area (Å²) < 4.78 is 0. The zero-order valence-corrected chi connectivity index (χ0v) is 12.8. The second kappa shape index (κ2) is 8.29. The number of nitrogens with one attached hydrogen (secondary N) is 2. The lowest BCUT2D eigenvalue weighted by atomic mass is 10.0. The Morgan fingerprint density at radius 2 is 1.81 bits per heavy atom. The first kappa shape index (κ1) is 17.0. The van der Waals surface area contributed by atoms with Crippen LogP contribution >= 0.6 is 0 Å². The fourth-order valence-electron chi connectivity index (χ4n) is 2.10. The standard InChI is InChI=1S/C16H24N2O3/c1-4-11(2)9-12(3)17-16(21)18-14-7-5-13(6-8-14)10-15(19)20/h5-8,11-12H,4,9-10H2,1-3H3,(H,19,20)(H2,17,18,21). The minimum absolute atomic E-state index is 0.0155. The zero-order valence-electron chi connectivity index (χ0n) is 12.8. The van der Waals surface area contributed by atoms with Crippen LogP contribution in [0.25, 0.3) is 0 Å². The van der Waals surface area contributed by atoms with E-state index in [1.807, 2.05) is 6.92 Å². The van der Waals surface area contributed by atoms with Crippen molar-refractivity contribution in [2.45, 2.75) is 46.1 Å². The maximum Gasteiger partial charge on any atom is 0.319 e. The Balaban J connectivity index is 2.45. The van der Waals surface area contributed by atoms with Gasteiger partial charge < -0.3 is 15.7 Å². The average molecular weight is 292 g/mol. The third-order valence-corrected chi connectivity index (χ3v) is 3.40. The molecule has 2 unspecified atom stereocenters. The first-order chi connectivity index (χ1) is 9.90. The number of carbonyl (C=O) groups is 2. The largest absolute Gasteiger partial charge is 0.481 e. The number of carbonyl (C=O) groups excluding carboxylic acids is 1. The third kappa shape index (κ3) is 6.79. The van der Waals surface area contributed by atoms with E-state index in [1.165, 1.54) is 0 Å². The molecular weight excluding hydrogens is 268 g/mol. The molecule has 0 aliphatic rings. The summed E-state index contributed by atoms with van der Waals surface area (Å²) in [5.74, 6) is -0.289. The molecular formula is C16H24N2O3. The molecule has 0 spiro atoms. The van der Waals surface area contributed by atoms with Crippen molar-refractivity contribution in [3.8, 4) is 0 Å². The Bertz CT molecular complexity index is 471. The molecule has 5 heteroatoms. The fourth-order valence-corrected chi connectivity index (χ4v) is 2.10. The Hall–Kier alpha value is -2.04. The number of benzene rings is 1. The maximum absolute atomic E-state index is 11.8. The van der Waals surface area contributed by atoms with Crippen LogP contribution in [0.2, 0.25) is 0 Å². The molecule has 0 radical (unpaired) electrons. The van der Waals surface area contributed by atoms with E-state index in [-0.39, 0.29) is 18.5 Å². The summed E-state index contributed by atoms with van der Waals surface area (Å²) in [4.78, 5) is 22.4. The summed E-state index contributed by atoms with van der Waals surface area (Å²) in [5.41, 5.74) is 1.36. The molecule has 116 valence electrons. The number of aliphatic carboxylic acids is 1. The van der Waals surface area contributed by atoms with Crippen LogP contribution in [-0.2, 0) is 11.2 Å². The predicted molar refractivity (Wildman–Crippen MR) is 83.5 cm³/mol. The highest BCUT2D eigenvalue weighted by molar-refractivity contribution is 5.89. The first-order valence-corrected chi connectivity index (χ1v) is 7.29. The highest BCUT2D eigenvalue weighted by Crippen LogP contribution is 2.11. The van der Waals surface area contributed by atoms with Crippen LogP contribution in [0.1, 0.15) is 39.2 Å². The minimum atomic E-state index is -0.868. The van der Waals surface area contributed by atoms with Gasteiger partial charge in [-0.05, 0) is 37.0 Å². The second-order valence-corrected chi connectivity index (χ2v) is 5.52. The second-order valence-electron chi connectivity index (χ2n) is 5.52. The Labute approximate surface area is 125 Å². The molecule has 0 bridgehead atoms. The number of urea groups is 1. The Morgan fingerprint density at radius 3 is 2.33 bits per heavy atom. The summed E-state index contributed by atoms with van der Waals surface area (Å²) in [6.07, 6.45) is 2.03. The van der Waals surface area contributed by atoms with E-state index in [0.29, 0.717) is 17.2 Å². The minimum Gasteiger partial charge on any atom is -0.481 e. The molecule has 1 aromatic carbocycles. The molecule has 2 atom stereocenters. The van der Waals surface area contributed by atoms with Gasteiger partial charge in [0.05, 0.1) is 6.42 Å². The molecule has 2 amide bonds. The maximum atomic E-state index is 11.8. The van der Waals surface area contributed by atoms with Crippen LogP contribution in [0.15, 0.2) is 24.3 Å². The van der Waals surface area contributed by atoms with E-state index in [4.69, 9.17) is 5.11 Å². The molecule has 1 rings (SSSR count). The lowest BCUT2D eigenvalue weighted by Gasteiger charge is -2.18. The van der Waals surface area contributed by atoms with Crippen molar-refractivity contribution in [1.82, 2.24) is 5.32 Å². The van der Waals surface area contributed by atoms with Crippen LogP contribution < -0.4 is 10.6 Å². The van der Waals surface area contributed by atoms with Crippen molar-refractivity contribution < 1.29 is 14.7 Å². The Kier molecular flexibility index (Phi) is 6.72. The molecule has 0 aliphatic carbocycles. The van der Waals surface area contributed by atoms with E-state index in [2.05, 4.69) is 24.5 Å². The van der Waals surface area contributed by atoms with E-state index < -0.39 is 5.97 Å². The number of rotatable bonds is 7. The first-order valence-electron chi connectivity index (χ1n) is 7.29. The lowest BCUT2D eigenvalue weighted by molar-refractivity contribution is -0.136. The van der Waals surface area contributed by atoms with Crippen LogP contribution in [0, 0.1) is 5.92 Å². The third-order valence-electron chi connectivity index (χ3n) is 3.40. The van der Waals surface area contributed by atoms with Crippen molar-refractivity contribution in [1.29, 1.82) is 0 Å². The SMILES string of the molecule is CCC(C)CC(C)NC(=O)Nc1ccc(CC(=O)O)cc1. The molecule has 0 fully saturated rings. The van der Waals surface area contributed by atoms with Gasteiger partial charge in [-0.2, -0.15) is 0 Å². The molecule has 0 saturated heterocycles. The van der Waals surface area contributed by atoms with Gasteiger partial charge in [-0.15, -0.1) is 0 Å². The van der Waals surface area contributed by atoms with Gasteiger partial charge in [-0.1, -0.05) is 32.4 Å². The van der Waals surface area contributed by atoms with E-state index in [0.717, 1.165) is 12.8 Å². The molecule has 0 aliphatic heterocycles. The van der Waals surface area contributed by atoms with Gasteiger partial charge >= 0.3 is 12.0 Å². The smallest absolute Gasteiger partial charge is 0.319 e. The number of hydrogen-bond acceptors (Lipinski definition) is 2. The van der Waals surface area contributed by atoms with E-state index in [9.17, 15) is 9.59 Å². The van der Waals surface area contributed by atoms with Crippen molar-refractivity contribution in [2.24, 2.45) is 5.92 Å². The van der Waals surface area contributed by atoms with Crippen LogP contribution in [-0.4, -0.2) is 23.1 Å². The molecule has 1 aromatic rings. The van der Waals surface area contributed by atoms with Gasteiger partial charge in [0.1, 0.15) is 0 Å². The van der Waals surface area contributed by atoms with Gasteiger partial charge in [0, 0.05) is 11.7 Å². The summed E-state index contributed by atoms with van der Waals surface area (Å²) in [6.45, 7) is 6.29. The predicted octanol–water partition coefficient (Wildman–Crippen LogP) is 3.26. The number of carboxylic acid groups (broad SMARTS) is 1. The molecule has 5 nitrogen and oxygen atoms in total. The highest BCUT2D eigenvalue weighted by Gasteiger charge is 2.10. The monoisotopic (exact) mass is 292 g/mol. The summed E-state index contributed by atoms with van der Waals surface area (Å²) in [5, 5.41) is 14.3. The van der Waals surface area contributed by atoms with Crippen molar-refractivity contribution in [2.75, 3.05) is 5.32 Å². The Morgan fingerprint density at radius 1 is 1.19 bits per heavy atom. The summed E-state index contributed by atoms with van der Waals surface area (Å²) in [6, 6.07) is 6.69. The van der Waals surface area contributed by atoms with Gasteiger partial charge in [-0.25, -0.2) is 4.79 Å². The molecule has 0 saturated carbocycles. The van der Waals surface area contributed by atoms with Gasteiger partial charge in [0.2, 0.25) is 0 Å². The lowest BCUT2D eigenvalue weighted by Crippen LogP contribution is -2.36. The van der Waals surface area contributed by atoms with Gasteiger partial charge in [0.15, 0.2) is 0 Å². The molecule has 21 heavy (non-hydrogen) atoms. The number of amides is 2. The molecule has 3 N–H and O–H groups in total. The normalized spacial score (nSPS) is 13.3. The van der Waals surface area contributed by atoms with Crippen LogP contribution in [0.5, 0.6) is 0 Å². The molecule has 0 heterocycles. The zero-order chi connectivity index (χ0) is 15.8. The summed E-state index contributed by atoms with van der Waals surface area (Å²) in [7, 11) is 0. The van der Waals surface area contributed by atoms with Gasteiger partial charge in [0.25, 0.3) is 0 Å². The average Bonchev–Trinajstić information content (AvgIpc) is 2.39. The van der Waals surface area contributed by atoms with Crippen molar-refractivity contribution in [3.05, 3.63) is 29.8 Å². The summed E-state index contributed by atoms with van der Waals surface area (Å²) >= 11 is 0. The number of carboxylic acids is 1. The van der Waals surface area contributed by atoms with Crippen molar-refractivity contribution in [3.63, 3.8) is 0 Å². The highest BCUT2D eigenvalue weighted by atomic mass is 16.4. The van der Waals surface area contributed by atoms with Crippen LogP contribution in [0.4, 0.5) is 10.5 Å². The number of anilines is 1. The van der Waals surface area contributed by atoms with Gasteiger partial charge in [-0.3, -0.25) is 4.79 Å². The quantitative estimate of drug-likeness (QED) is 0.721. The topological polar surface area (TPSA) is 78.4 Å². The van der Waals surface area contributed by atoms with E-state index >= 15 is 0 Å². The molecule has 0 aromatic heterocycles. The van der Waals surface area contributed by atoms with E-state index in [1.54, 1.807) is 24.3 Å². The fraction of sp³-hybridized carbons (Fsp3) is 0.500. The number of hydrogen-bond donors (Lipinski definition) is 3. The van der Waals surface area contributed by atoms with Crippen molar-refractivity contribution >= 4 is 17.7 Å². The van der Waals surface area contributed by atoms with Crippen LogP contribution in [0.3, 0.4) is 0 Å².